The third-order valence-corrected chi connectivity index (χ3v) is 6.23. The van der Waals surface area contributed by atoms with Gasteiger partial charge >= 0.3 is 12.1 Å². The van der Waals surface area contributed by atoms with Gasteiger partial charge in [0.25, 0.3) is 5.91 Å². The number of carboxylic acid groups (broad SMARTS) is 1. The largest absolute Gasteiger partial charge is 0.481 e. The summed E-state index contributed by atoms with van der Waals surface area (Å²) >= 11 is 0. The number of fused-ring (bicyclic) bond motifs is 3. The molecule has 0 bridgehead atoms. The molecule has 0 unspecified atom stereocenters. The molecule has 0 fully saturated rings. The fourth-order valence-corrected chi connectivity index (χ4v) is 4.52. The van der Waals surface area contributed by atoms with Gasteiger partial charge in [-0.2, -0.15) is 0 Å². The summed E-state index contributed by atoms with van der Waals surface area (Å²) in [7, 11) is 0. The Morgan fingerprint density at radius 3 is 2.14 bits per heavy atom. The second-order valence-corrected chi connectivity index (χ2v) is 8.38. The molecule has 35 heavy (non-hydrogen) atoms. The molecule has 2 N–H and O–H groups in total. The molecule has 1 aliphatic rings. The van der Waals surface area contributed by atoms with Crippen LogP contribution in [0.4, 0.5) is 10.5 Å². The van der Waals surface area contributed by atoms with Crippen molar-refractivity contribution >= 4 is 23.7 Å². The Labute approximate surface area is 204 Å². The minimum Gasteiger partial charge on any atom is -0.481 e. The number of ether oxygens (including phenoxy) is 1. The first-order valence-electron chi connectivity index (χ1n) is 11.7. The summed E-state index contributed by atoms with van der Waals surface area (Å²) < 4.78 is 5.62. The van der Waals surface area contributed by atoms with E-state index < -0.39 is 12.1 Å². The molecule has 3 aromatic rings. The van der Waals surface area contributed by atoms with Crippen molar-refractivity contribution in [3.05, 3.63) is 89.5 Å². The lowest BCUT2D eigenvalue weighted by molar-refractivity contribution is -0.137. The highest BCUT2D eigenvalue weighted by Gasteiger charge is 2.29. The van der Waals surface area contributed by atoms with E-state index in [1.54, 1.807) is 29.2 Å². The van der Waals surface area contributed by atoms with Crippen molar-refractivity contribution < 1.29 is 24.2 Å². The molecule has 0 saturated heterocycles. The molecule has 1 aliphatic carbocycles. The number of amides is 2. The Kier molecular flexibility index (Phi) is 7.45. The van der Waals surface area contributed by atoms with Crippen LogP contribution in [0.5, 0.6) is 0 Å². The van der Waals surface area contributed by atoms with Crippen LogP contribution in [-0.4, -0.2) is 47.7 Å². The number of hydrogen-bond donors (Lipinski definition) is 2. The van der Waals surface area contributed by atoms with Crippen molar-refractivity contribution in [2.75, 3.05) is 25.0 Å². The highest BCUT2D eigenvalue weighted by molar-refractivity contribution is 6.02. The topological polar surface area (TPSA) is 95.9 Å². The lowest BCUT2D eigenvalue weighted by atomic mass is 9.98. The second kappa shape index (κ2) is 10.9. The number of nitrogens with zero attached hydrogens (tertiary/aromatic N) is 1. The number of para-hydroxylation sites is 1. The van der Waals surface area contributed by atoms with Gasteiger partial charge in [-0.3, -0.25) is 14.9 Å². The predicted molar refractivity (Wildman–Crippen MR) is 134 cm³/mol. The van der Waals surface area contributed by atoms with Gasteiger partial charge in [0.2, 0.25) is 0 Å². The van der Waals surface area contributed by atoms with E-state index in [1.807, 2.05) is 31.2 Å². The Morgan fingerprint density at radius 2 is 1.51 bits per heavy atom. The number of anilines is 1. The van der Waals surface area contributed by atoms with Crippen LogP contribution in [0.1, 0.15) is 47.2 Å². The standard InChI is InChI=1S/C28H28N2O5/c1-2-30(17-9-16-26(31)32)27(33)23-14-7-8-15-25(23)29-28(34)35-18-24-21-12-5-3-10-19(21)20-11-4-6-13-22(20)24/h3-8,10-15,24H,2,9,16-18H2,1H3,(H,29,34)(H,31,32). The van der Waals surface area contributed by atoms with Gasteiger partial charge in [-0.1, -0.05) is 60.7 Å². The molecule has 4 rings (SSSR count). The van der Waals surface area contributed by atoms with Crippen molar-refractivity contribution in [1.29, 1.82) is 0 Å². The lowest BCUT2D eigenvalue weighted by Crippen LogP contribution is -2.33. The minimum absolute atomic E-state index is 0.0105. The zero-order chi connectivity index (χ0) is 24.8. The van der Waals surface area contributed by atoms with Crippen LogP contribution in [0.3, 0.4) is 0 Å². The molecule has 0 saturated carbocycles. The van der Waals surface area contributed by atoms with E-state index in [1.165, 1.54) is 0 Å². The van der Waals surface area contributed by atoms with Crippen molar-refractivity contribution in [2.24, 2.45) is 0 Å². The summed E-state index contributed by atoms with van der Waals surface area (Å²) in [5.74, 6) is -1.23. The maximum absolute atomic E-state index is 13.1. The quantitative estimate of drug-likeness (QED) is 0.436. The zero-order valence-corrected chi connectivity index (χ0v) is 19.6. The summed E-state index contributed by atoms with van der Waals surface area (Å²) in [5.41, 5.74) is 5.23. The van der Waals surface area contributed by atoms with Crippen molar-refractivity contribution in [3.8, 4) is 11.1 Å². The number of aliphatic carboxylic acids is 1. The fourth-order valence-electron chi connectivity index (χ4n) is 4.52. The third-order valence-electron chi connectivity index (χ3n) is 6.23. The first-order valence-corrected chi connectivity index (χ1v) is 11.7. The zero-order valence-electron chi connectivity index (χ0n) is 19.6. The molecule has 0 aromatic heterocycles. The van der Waals surface area contributed by atoms with Gasteiger partial charge in [-0.05, 0) is 47.7 Å². The third kappa shape index (κ3) is 5.35. The molecule has 2 amide bonds. The predicted octanol–water partition coefficient (Wildman–Crippen LogP) is 5.37. The number of rotatable bonds is 9. The summed E-state index contributed by atoms with van der Waals surface area (Å²) in [6.45, 7) is 2.76. The fraction of sp³-hybridized carbons (Fsp3) is 0.250. The van der Waals surface area contributed by atoms with Crippen LogP contribution < -0.4 is 5.32 Å². The average Bonchev–Trinajstić information content (AvgIpc) is 3.19. The van der Waals surface area contributed by atoms with E-state index in [9.17, 15) is 14.4 Å². The van der Waals surface area contributed by atoms with Gasteiger partial charge in [-0.15, -0.1) is 0 Å². The van der Waals surface area contributed by atoms with Crippen molar-refractivity contribution in [1.82, 2.24) is 4.90 Å². The Morgan fingerprint density at radius 1 is 0.914 bits per heavy atom. The highest BCUT2D eigenvalue weighted by atomic mass is 16.5. The second-order valence-electron chi connectivity index (χ2n) is 8.38. The lowest BCUT2D eigenvalue weighted by Gasteiger charge is -2.22. The van der Waals surface area contributed by atoms with Gasteiger partial charge in [0.1, 0.15) is 6.61 Å². The van der Waals surface area contributed by atoms with Gasteiger partial charge in [-0.25, -0.2) is 4.79 Å². The highest BCUT2D eigenvalue weighted by Crippen LogP contribution is 2.44. The summed E-state index contributed by atoms with van der Waals surface area (Å²) in [6, 6.07) is 23.0. The molecule has 0 aliphatic heterocycles. The molecule has 7 nitrogen and oxygen atoms in total. The molecule has 3 aromatic carbocycles. The number of carbonyl (C=O) groups excluding carboxylic acids is 2. The molecular formula is C28H28N2O5. The molecule has 0 atom stereocenters. The van der Waals surface area contributed by atoms with Crippen molar-refractivity contribution in [3.63, 3.8) is 0 Å². The van der Waals surface area contributed by atoms with Crippen LogP contribution in [0.25, 0.3) is 11.1 Å². The maximum atomic E-state index is 13.1. The van der Waals surface area contributed by atoms with E-state index in [-0.39, 0.29) is 24.9 Å². The van der Waals surface area contributed by atoms with Crippen LogP contribution in [0.15, 0.2) is 72.8 Å². The van der Waals surface area contributed by atoms with Gasteiger partial charge < -0.3 is 14.7 Å². The molecule has 0 radical (unpaired) electrons. The monoisotopic (exact) mass is 472 g/mol. The smallest absolute Gasteiger partial charge is 0.411 e. The van der Waals surface area contributed by atoms with Gasteiger partial charge in [0.15, 0.2) is 0 Å². The normalized spacial score (nSPS) is 11.9. The molecule has 7 heteroatoms. The number of nitrogens with one attached hydrogen (secondary N) is 1. The Hall–Kier alpha value is -4.13. The maximum Gasteiger partial charge on any atom is 0.411 e. The van der Waals surface area contributed by atoms with Crippen LogP contribution >= 0.6 is 0 Å². The minimum atomic E-state index is -0.897. The Bertz CT molecular complexity index is 1190. The summed E-state index contributed by atoms with van der Waals surface area (Å²) in [5, 5.41) is 11.6. The summed E-state index contributed by atoms with van der Waals surface area (Å²) in [4.78, 5) is 38.2. The SMILES string of the molecule is CCN(CCCC(=O)O)C(=O)c1ccccc1NC(=O)OCC1c2ccccc2-c2ccccc21. The van der Waals surface area contributed by atoms with Crippen LogP contribution in [0.2, 0.25) is 0 Å². The average molecular weight is 473 g/mol. The van der Waals surface area contributed by atoms with Crippen LogP contribution in [0, 0.1) is 0 Å². The Balaban J connectivity index is 1.43. The molecule has 180 valence electrons. The van der Waals surface area contributed by atoms with E-state index in [4.69, 9.17) is 9.84 Å². The van der Waals surface area contributed by atoms with Gasteiger partial charge in [0, 0.05) is 25.4 Å². The van der Waals surface area contributed by atoms with Crippen molar-refractivity contribution in [2.45, 2.75) is 25.7 Å². The number of hydrogen-bond acceptors (Lipinski definition) is 4. The first kappa shape index (κ1) is 24.0. The summed E-state index contributed by atoms with van der Waals surface area (Å²) in [6.07, 6.45) is -0.290. The van der Waals surface area contributed by atoms with E-state index in [2.05, 4.69) is 29.6 Å². The molecular weight excluding hydrogens is 444 g/mol. The number of carbonyl (C=O) groups is 3. The number of benzene rings is 3. The first-order chi connectivity index (χ1) is 17.0. The molecule has 0 heterocycles. The number of carboxylic acids is 1. The van der Waals surface area contributed by atoms with E-state index in [0.29, 0.717) is 30.8 Å². The van der Waals surface area contributed by atoms with Gasteiger partial charge in [0.05, 0.1) is 11.3 Å². The van der Waals surface area contributed by atoms with Crippen LogP contribution in [-0.2, 0) is 9.53 Å². The van der Waals surface area contributed by atoms with E-state index >= 15 is 0 Å². The molecule has 0 spiro atoms. The van der Waals surface area contributed by atoms with E-state index in [0.717, 1.165) is 22.3 Å².